The first kappa shape index (κ1) is 16.6. The largest absolute Gasteiger partial charge is 0.305 e. The summed E-state index contributed by atoms with van der Waals surface area (Å²) in [5.41, 5.74) is 2.22. The maximum Gasteiger partial charge on any atom is 0.151 e. The van der Waals surface area contributed by atoms with Gasteiger partial charge in [0.15, 0.2) is 5.65 Å². The van der Waals surface area contributed by atoms with E-state index in [4.69, 9.17) is 5.14 Å². The Morgan fingerprint density at radius 3 is 2.76 bits per heavy atom. The number of nitrogens with two attached hydrogens (primary N) is 1. The highest BCUT2D eigenvalue weighted by atomic mass is 79.9. The van der Waals surface area contributed by atoms with Crippen molar-refractivity contribution in [2.24, 2.45) is 5.14 Å². The monoisotopic (exact) mass is 375 g/mol. The van der Waals surface area contributed by atoms with Crippen LogP contribution in [-0.2, 0) is 17.7 Å². The zero-order valence-electron chi connectivity index (χ0n) is 12.3. The smallest absolute Gasteiger partial charge is 0.151 e. The Labute approximate surface area is 134 Å². The standard InChI is InChI=1S/C14H19BrFN3OS/c1-9(5-14(2,3)21(17)20)12-8-19-7-10(6-16)4-11(15)13(19)18-12/h4,7-9H,5-6,17H2,1-3H3/t9-,21?/m1/s1. The Bertz CT molecular complexity index is 686. The topological polar surface area (TPSA) is 60.4 Å². The molecule has 2 heterocycles. The molecule has 0 amide bonds. The lowest BCUT2D eigenvalue weighted by atomic mass is 9.96. The number of rotatable bonds is 5. The van der Waals surface area contributed by atoms with Gasteiger partial charge in [-0.3, -0.25) is 5.14 Å². The van der Waals surface area contributed by atoms with Crippen LogP contribution in [0.1, 0.15) is 44.4 Å². The van der Waals surface area contributed by atoms with Gasteiger partial charge in [-0.25, -0.2) is 13.6 Å². The van der Waals surface area contributed by atoms with Crippen LogP contribution in [0.2, 0.25) is 0 Å². The molecule has 0 aliphatic rings. The number of hydrogen-bond acceptors (Lipinski definition) is 2. The third-order valence-corrected chi connectivity index (χ3v) is 5.42. The lowest BCUT2D eigenvalue weighted by molar-refractivity contribution is 0.484. The average molecular weight is 376 g/mol. The van der Waals surface area contributed by atoms with Crippen LogP contribution in [0.4, 0.5) is 4.39 Å². The van der Waals surface area contributed by atoms with Gasteiger partial charge in [0, 0.05) is 23.9 Å². The second-order valence-electron chi connectivity index (χ2n) is 5.89. The van der Waals surface area contributed by atoms with Crippen LogP contribution in [0.15, 0.2) is 22.9 Å². The van der Waals surface area contributed by atoms with E-state index in [2.05, 4.69) is 20.9 Å². The number of pyridine rings is 1. The Kier molecular flexibility index (Phi) is 4.85. The summed E-state index contributed by atoms with van der Waals surface area (Å²) in [6.45, 7) is 5.27. The Morgan fingerprint density at radius 2 is 2.19 bits per heavy atom. The second-order valence-corrected chi connectivity index (χ2v) is 8.44. The fraction of sp³-hybridized carbons (Fsp3) is 0.500. The van der Waals surface area contributed by atoms with Crippen molar-refractivity contribution in [3.63, 3.8) is 0 Å². The second kappa shape index (κ2) is 6.14. The zero-order valence-corrected chi connectivity index (χ0v) is 14.7. The van der Waals surface area contributed by atoms with E-state index in [1.807, 2.05) is 31.4 Å². The van der Waals surface area contributed by atoms with Crippen molar-refractivity contribution in [3.05, 3.63) is 34.2 Å². The van der Waals surface area contributed by atoms with Crippen LogP contribution in [-0.4, -0.2) is 18.3 Å². The lowest BCUT2D eigenvalue weighted by Gasteiger charge is -2.24. The molecular formula is C14H19BrFN3OS. The van der Waals surface area contributed by atoms with Gasteiger partial charge in [0.25, 0.3) is 0 Å². The molecule has 21 heavy (non-hydrogen) atoms. The number of halogens is 2. The maximum atomic E-state index is 12.8. The first-order chi connectivity index (χ1) is 9.74. The molecule has 2 aromatic heterocycles. The van der Waals surface area contributed by atoms with Gasteiger partial charge in [0.2, 0.25) is 0 Å². The van der Waals surface area contributed by atoms with Gasteiger partial charge < -0.3 is 4.40 Å². The highest BCUT2D eigenvalue weighted by Gasteiger charge is 2.27. The van der Waals surface area contributed by atoms with Crippen LogP contribution < -0.4 is 5.14 Å². The van der Waals surface area contributed by atoms with Crippen molar-refractivity contribution < 1.29 is 8.60 Å². The van der Waals surface area contributed by atoms with Gasteiger partial charge in [-0.15, -0.1) is 0 Å². The summed E-state index contributed by atoms with van der Waals surface area (Å²) in [7, 11) is -1.39. The van der Waals surface area contributed by atoms with Gasteiger partial charge in [-0.2, -0.15) is 0 Å². The minimum atomic E-state index is -1.39. The summed E-state index contributed by atoms with van der Waals surface area (Å²) in [5.74, 6) is 0.105. The summed E-state index contributed by atoms with van der Waals surface area (Å²) in [6, 6.07) is 1.73. The number of imidazole rings is 1. The number of hydrogen-bond donors (Lipinski definition) is 1. The summed E-state index contributed by atoms with van der Waals surface area (Å²) < 4.78 is 26.5. The van der Waals surface area contributed by atoms with Crippen LogP contribution in [0, 0.1) is 0 Å². The number of fused-ring (bicyclic) bond motifs is 1. The van der Waals surface area contributed by atoms with Crippen LogP contribution in [0.5, 0.6) is 0 Å². The molecular weight excluding hydrogens is 357 g/mol. The zero-order chi connectivity index (χ0) is 15.8. The van der Waals surface area contributed by atoms with Crippen LogP contribution >= 0.6 is 15.9 Å². The van der Waals surface area contributed by atoms with E-state index >= 15 is 0 Å². The minimum Gasteiger partial charge on any atom is -0.305 e. The third-order valence-electron chi connectivity index (χ3n) is 3.58. The third kappa shape index (κ3) is 3.52. The molecule has 0 fully saturated rings. The van der Waals surface area contributed by atoms with Crippen LogP contribution in [0.3, 0.4) is 0 Å². The predicted octanol–water partition coefficient (Wildman–Crippen LogP) is 3.46. The minimum absolute atomic E-state index is 0.105. The molecule has 116 valence electrons. The highest BCUT2D eigenvalue weighted by Crippen LogP contribution is 2.29. The molecule has 2 N–H and O–H groups in total. The normalized spacial score (nSPS) is 15.3. The Morgan fingerprint density at radius 1 is 1.52 bits per heavy atom. The van der Waals surface area contributed by atoms with Crippen molar-refractivity contribution in [2.75, 3.05) is 0 Å². The predicted molar refractivity (Wildman–Crippen MR) is 87.1 cm³/mol. The molecule has 2 aromatic rings. The lowest BCUT2D eigenvalue weighted by Crippen LogP contribution is -2.33. The summed E-state index contributed by atoms with van der Waals surface area (Å²) >= 11 is 3.42. The molecule has 0 spiro atoms. The highest BCUT2D eigenvalue weighted by molar-refractivity contribution is 9.10. The fourth-order valence-corrected chi connectivity index (χ4v) is 3.37. The molecule has 1 unspecified atom stereocenters. The average Bonchev–Trinajstić information content (AvgIpc) is 2.82. The molecule has 0 aromatic carbocycles. The van der Waals surface area contributed by atoms with E-state index in [1.54, 1.807) is 12.3 Å². The molecule has 0 aliphatic carbocycles. The van der Waals surface area contributed by atoms with E-state index in [0.717, 1.165) is 15.8 Å². The molecule has 0 aliphatic heterocycles. The van der Waals surface area contributed by atoms with Crippen molar-refractivity contribution in [1.29, 1.82) is 0 Å². The summed E-state index contributed by atoms with van der Waals surface area (Å²) in [6.07, 6.45) is 4.28. The van der Waals surface area contributed by atoms with E-state index in [9.17, 15) is 8.60 Å². The molecule has 0 radical (unpaired) electrons. The van der Waals surface area contributed by atoms with Gasteiger partial charge in [-0.05, 0) is 42.3 Å². The quantitative estimate of drug-likeness (QED) is 0.869. The molecule has 0 saturated carbocycles. The fourth-order valence-electron chi connectivity index (χ4n) is 2.37. The first-order valence-electron chi connectivity index (χ1n) is 6.64. The van der Waals surface area contributed by atoms with Crippen molar-refractivity contribution in [1.82, 2.24) is 9.38 Å². The van der Waals surface area contributed by atoms with E-state index in [-0.39, 0.29) is 5.92 Å². The van der Waals surface area contributed by atoms with E-state index in [0.29, 0.717) is 12.0 Å². The van der Waals surface area contributed by atoms with Crippen molar-refractivity contribution in [2.45, 2.75) is 44.5 Å². The molecule has 2 atom stereocenters. The van der Waals surface area contributed by atoms with E-state index < -0.39 is 22.4 Å². The molecule has 0 saturated heterocycles. The van der Waals surface area contributed by atoms with E-state index in [1.165, 1.54) is 0 Å². The van der Waals surface area contributed by atoms with Gasteiger partial charge in [0.1, 0.15) is 6.67 Å². The Hall–Kier alpha value is -0.790. The number of nitrogens with zero attached hydrogens (tertiary/aromatic N) is 2. The van der Waals surface area contributed by atoms with Gasteiger partial charge >= 0.3 is 0 Å². The summed E-state index contributed by atoms with van der Waals surface area (Å²) in [5, 5.41) is 5.53. The molecule has 7 heteroatoms. The SMILES string of the molecule is C[C@H](CC(C)(C)S(N)=O)c1cn2cc(CF)cc(Br)c2n1. The first-order valence-corrected chi connectivity index (χ1v) is 8.64. The summed E-state index contributed by atoms with van der Waals surface area (Å²) in [4.78, 5) is 4.58. The molecule has 2 rings (SSSR count). The van der Waals surface area contributed by atoms with Crippen molar-refractivity contribution in [3.8, 4) is 0 Å². The number of aromatic nitrogens is 2. The van der Waals surface area contributed by atoms with Crippen LogP contribution in [0.25, 0.3) is 5.65 Å². The van der Waals surface area contributed by atoms with Gasteiger partial charge in [0.05, 0.1) is 25.9 Å². The number of alkyl halides is 1. The Balaban J connectivity index is 2.35. The van der Waals surface area contributed by atoms with Crippen molar-refractivity contribution >= 4 is 32.6 Å². The molecule has 4 nitrogen and oxygen atoms in total. The molecule has 0 bridgehead atoms. The van der Waals surface area contributed by atoms with Gasteiger partial charge in [-0.1, -0.05) is 6.92 Å². The maximum absolute atomic E-state index is 12.8.